The van der Waals surface area contributed by atoms with Gasteiger partial charge in [0.25, 0.3) is 0 Å². The summed E-state index contributed by atoms with van der Waals surface area (Å²) >= 11 is 0. The molecule has 2 amide bonds. The van der Waals surface area contributed by atoms with Crippen molar-refractivity contribution in [3.8, 4) is 5.75 Å². The molecule has 0 bridgehead atoms. The molecule has 0 heterocycles. The van der Waals surface area contributed by atoms with Crippen molar-refractivity contribution >= 4 is 27.2 Å². The summed E-state index contributed by atoms with van der Waals surface area (Å²) in [7, 11) is -4.00. The van der Waals surface area contributed by atoms with Crippen LogP contribution in [0.1, 0.15) is 30.9 Å². The molecule has 0 saturated carbocycles. The summed E-state index contributed by atoms with van der Waals surface area (Å²) in [5.41, 5.74) is 1.63. The van der Waals surface area contributed by atoms with Gasteiger partial charge in [-0.25, -0.2) is 13.2 Å². The van der Waals surface area contributed by atoms with Crippen molar-refractivity contribution in [2.75, 3.05) is 10.6 Å². The first-order valence-corrected chi connectivity index (χ1v) is 11.0. The van der Waals surface area contributed by atoms with Crippen molar-refractivity contribution in [1.29, 1.82) is 0 Å². The lowest BCUT2D eigenvalue weighted by molar-refractivity contribution is 0.262. The summed E-state index contributed by atoms with van der Waals surface area (Å²) in [4.78, 5) is 12.4. The van der Waals surface area contributed by atoms with Gasteiger partial charge < -0.3 is 15.7 Å². The van der Waals surface area contributed by atoms with E-state index >= 15 is 0 Å². The average molecular weight is 425 g/mol. The zero-order chi connectivity index (χ0) is 21.9. The lowest BCUT2D eigenvalue weighted by Crippen LogP contribution is -2.21. The molecule has 3 aromatic carbocycles. The smallest absolute Gasteiger partial charge is 0.323 e. The summed E-state index contributed by atoms with van der Waals surface area (Å²) in [6, 6.07) is 17.9. The molecule has 0 aliphatic heterocycles. The Labute approximate surface area is 176 Å². The Bertz CT molecular complexity index is 1160. The van der Waals surface area contributed by atoms with Crippen molar-refractivity contribution in [3.05, 3.63) is 77.9 Å². The predicted molar refractivity (Wildman–Crippen MR) is 118 cm³/mol. The fourth-order valence-electron chi connectivity index (χ4n) is 3.19. The Morgan fingerprint density at radius 2 is 1.50 bits per heavy atom. The Hall–Kier alpha value is -3.32. The molecule has 0 aliphatic rings. The number of aromatic hydroxyl groups is 1. The van der Waals surface area contributed by atoms with Crippen LogP contribution in [0.25, 0.3) is 0 Å². The fourth-order valence-corrected chi connectivity index (χ4v) is 4.82. The summed E-state index contributed by atoms with van der Waals surface area (Å²) in [6.07, 6.45) is 0. The quantitative estimate of drug-likeness (QED) is 0.484. The van der Waals surface area contributed by atoms with Gasteiger partial charge in [-0.05, 0) is 54.3 Å². The van der Waals surface area contributed by atoms with Crippen LogP contribution < -0.4 is 10.6 Å². The molecule has 156 valence electrons. The van der Waals surface area contributed by atoms with E-state index in [0.717, 1.165) is 0 Å². The molecular weight excluding hydrogens is 400 g/mol. The summed E-state index contributed by atoms with van der Waals surface area (Å²) in [5, 5.41) is 16.3. The normalized spacial score (nSPS) is 11.3. The molecule has 0 saturated heterocycles. The fraction of sp³-hybridized carbons (Fsp3) is 0.174. The number of para-hydroxylation sites is 1. The van der Waals surface area contributed by atoms with Crippen LogP contribution in [-0.2, 0) is 9.84 Å². The van der Waals surface area contributed by atoms with E-state index < -0.39 is 15.9 Å². The van der Waals surface area contributed by atoms with Gasteiger partial charge in [0.2, 0.25) is 9.84 Å². The summed E-state index contributed by atoms with van der Waals surface area (Å²) in [6.45, 7) is 5.26. The Kier molecular flexibility index (Phi) is 6.12. The molecule has 7 heteroatoms. The van der Waals surface area contributed by atoms with Gasteiger partial charge in [-0.1, -0.05) is 50.2 Å². The zero-order valence-corrected chi connectivity index (χ0v) is 17.8. The van der Waals surface area contributed by atoms with E-state index in [4.69, 9.17) is 0 Å². The second-order valence-electron chi connectivity index (χ2n) is 7.23. The highest BCUT2D eigenvalue weighted by atomic mass is 32.2. The number of carbonyl (C=O) groups excluding carboxylic acids is 1. The largest absolute Gasteiger partial charge is 0.506 e. The van der Waals surface area contributed by atoms with E-state index in [2.05, 4.69) is 10.6 Å². The van der Waals surface area contributed by atoms with Crippen LogP contribution in [0.5, 0.6) is 5.75 Å². The highest BCUT2D eigenvalue weighted by molar-refractivity contribution is 7.91. The molecule has 6 nitrogen and oxygen atoms in total. The molecule has 3 aromatic rings. The first-order chi connectivity index (χ1) is 14.2. The highest BCUT2D eigenvalue weighted by Gasteiger charge is 2.28. The minimum Gasteiger partial charge on any atom is -0.506 e. The third kappa shape index (κ3) is 4.31. The Balaban J connectivity index is 2.08. The minimum absolute atomic E-state index is 0.0731. The molecule has 0 radical (unpaired) electrons. The number of sulfone groups is 1. The molecule has 0 unspecified atom stereocenters. The number of benzene rings is 3. The number of nitrogens with one attached hydrogen (secondary N) is 2. The maximum absolute atomic E-state index is 13.3. The van der Waals surface area contributed by atoms with E-state index in [9.17, 15) is 18.3 Å². The van der Waals surface area contributed by atoms with Crippen molar-refractivity contribution in [2.45, 2.75) is 36.5 Å². The Morgan fingerprint density at radius 3 is 2.07 bits per heavy atom. The van der Waals surface area contributed by atoms with Crippen LogP contribution >= 0.6 is 0 Å². The van der Waals surface area contributed by atoms with Crippen molar-refractivity contribution in [2.24, 2.45) is 0 Å². The number of carbonyl (C=O) groups is 1. The van der Waals surface area contributed by atoms with Crippen LogP contribution in [-0.4, -0.2) is 19.6 Å². The number of phenolic OH excluding ortho intramolecular Hbond substituents is 1. The topological polar surface area (TPSA) is 95.5 Å². The minimum atomic E-state index is -4.00. The maximum atomic E-state index is 13.3. The van der Waals surface area contributed by atoms with Gasteiger partial charge in [0, 0.05) is 11.4 Å². The number of amides is 2. The summed E-state index contributed by atoms with van der Waals surface area (Å²) in [5.74, 6) is -0.451. The first kappa shape index (κ1) is 21.4. The van der Waals surface area contributed by atoms with E-state index in [0.29, 0.717) is 16.9 Å². The molecule has 0 fully saturated rings. The monoisotopic (exact) mass is 424 g/mol. The number of hydrogen-bond donors (Lipinski definition) is 3. The lowest BCUT2D eigenvalue weighted by Gasteiger charge is -2.20. The van der Waals surface area contributed by atoms with E-state index in [1.54, 1.807) is 55.5 Å². The first-order valence-electron chi connectivity index (χ1n) is 9.51. The summed E-state index contributed by atoms with van der Waals surface area (Å²) < 4.78 is 26.6. The number of anilines is 2. The third-order valence-corrected chi connectivity index (χ3v) is 6.69. The van der Waals surface area contributed by atoms with Crippen LogP contribution in [0, 0.1) is 6.92 Å². The van der Waals surface area contributed by atoms with Gasteiger partial charge in [0.05, 0.1) is 4.90 Å². The van der Waals surface area contributed by atoms with Crippen LogP contribution in [0.4, 0.5) is 16.2 Å². The standard InChI is InChI=1S/C23H24N2O4S/c1-15(2)19-14-20(25-23(27)24-17-10-6-4-7-11-17)16(3)22(21(19)26)30(28,29)18-12-8-5-9-13-18/h4-15,26H,1-3H3,(H2,24,25,27). The third-order valence-electron chi connectivity index (χ3n) is 4.76. The molecule has 30 heavy (non-hydrogen) atoms. The lowest BCUT2D eigenvalue weighted by atomic mass is 9.99. The SMILES string of the molecule is Cc1c(NC(=O)Nc2ccccc2)cc(C(C)C)c(O)c1S(=O)(=O)c1ccccc1. The van der Waals surface area contributed by atoms with Gasteiger partial charge in [-0.2, -0.15) is 0 Å². The molecule has 0 atom stereocenters. The Morgan fingerprint density at radius 1 is 0.933 bits per heavy atom. The van der Waals surface area contributed by atoms with E-state index in [1.165, 1.54) is 12.1 Å². The van der Waals surface area contributed by atoms with Gasteiger partial charge >= 0.3 is 6.03 Å². The van der Waals surface area contributed by atoms with Gasteiger partial charge in [0.15, 0.2) is 0 Å². The van der Waals surface area contributed by atoms with Crippen LogP contribution in [0.15, 0.2) is 76.5 Å². The molecule has 3 N–H and O–H groups in total. The van der Waals surface area contributed by atoms with Gasteiger partial charge in [0.1, 0.15) is 10.6 Å². The second-order valence-corrected chi connectivity index (χ2v) is 9.12. The number of phenols is 1. The molecule has 3 rings (SSSR count). The average Bonchev–Trinajstić information content (AvgIpc) is 2.71. The number of hydrogen-bond acceptors (Lipinski definition) is 4. The maximum Gasteiger partial charge on any atom is 0.323 e. The van der Waals surface area contributed by atoms with Crippen molar-refractivity contribution in [3.63, 3.8) is 0 Å². The van der Waals surface area contributed by atoms with Crippen LogP contribution in [0.2, 0.25) is 0 Å². The number of rotatable bonds is 5. The molecule has 0 aromatic heterocycles. The highest BCUT2D eigenvalue weighted by Crippen LogP contribution is 2.41. The van der Waals surface area contributed by atoms with Crippen molar-refractivity contribution < 1.29 is 18.3 Å². The number of urea groups is 1. The van der Waals surface area contributed by atoms with Crippen LogP contribution in [0.3, 0.4) is 0 Å². The zero-order valence-electron chi connectivity index (χ0n) is 17.0. The molecule has 0 spiro atoms. The van der Waals surface area contributed by atoms with Crippen molar-refractivity contribution in [1.82, 2.24) is 0 Å². The van der Waals surface area contributed by atoms with E-state index in [-0.39, 0.29) is 27.0 Å². The van der Waals surface area contributed by atoms with Gasteiger partial charge in [-0.15, -0.1) is 0 Å². The van der Waals surface area contributed by atoms with Gasteiger partial charge in [-0.3, -0.25) is 0 Å². The molecule has 0 aliphatic carbocycles. The second kappa shape index (κ2) is 8.59. The molecular formula is C23H24N2O4S. The van der Waals surface area contributed by atoms with E-state index in [1.807, 2.05) is 19.9 Å². The predicted octanol–water partition coefficient (Wildman–Crippen LogP) is 5.30.